The van der Waals surface area contributed by atoms with E-state index < -0.39 is 5.97 Å². The maximum absolute atomic E-state index is 11.9. The average molecular weight is 464 g/mol. The summed E-state index contributed by atoms with van der Waals surface area (Å²) in [4.78, 5) is 14.1. The van der Waals surface area contributed by atoms with Crippen LogP contribution < -0.4 is 56.5 Å². The Morgan fingerprint density at radius 1 is 0.581 bits per heavy atom. The Kier molecular flexibility index (Phi) is 30.2. The fourth-order valence-electron chi connectivity index (χ4n) is 4.36. The van der Waals surface area contributed by atoms with Gasteiger partial charge in [-0.15, -0.1) is 0 Å². The third kappa shape index (κ3) is 22.6. The van der Waals surface area contributed by atoms with Gasteiger partial charge in [0.1, 0.15) is 0 Å². The molecule has 0 radical (unpaired) electrons. The maximum atomic E-state index is 11.9. The minimum Gasteiger partial charge on any atom is -0.548 e. The van der Waals surface area contributed by atoms with Gasteiger partial charge in [0.15, 0.2) is 0 Å². The zero-order valence-corrected chi connectivity index (χ0v) is 25.0. The molecule has 1 unspecified atom stereocenters. The predicted octanol–water partition coefficient (Wildman–Crippen LogP) is 4.27. The van der Waals surface area contributed by atoms with Gasteiger partial charge >= 0.3 is 51.4 Å². The van der Waals surface area contributed by atoms with Gasteiger partial charge in [0.25, 0.3) is 0 Å². The molecule has 0 heterocycles. The van der Waals surface area contributed by atoms with Crippen LogP contribution >= 0.6 is 0 Å². The van der Waals surface area contributed by atoms with Crippen molar-refractivity contribution in [2.24, 2.45) is 0 Å². The first-order valence-corrected chi connectivity index (χ1v) is 13.6. The molecule has 4 heteroatoms. The second-order valence-electron chi connectivity index (χ2n) is 9.32. The molecule has 0 saturated carbocycles. The van der Waals surface area contributed by atoms with Crippen LogP contribution in [0.4, 0.5) is 0 Å². The van der Waals surface area contributed by atoms with E-state index in [0.29, 0.717) is 0 Å². The Morgan fingerprint density at radius 2 is 0.903 bits per heavy atom. The first-order valence-electron chi connectivity index (χ1n) is 13.6. The monoisotopic (exact) mass is 463 g/mol. The van der Waals surface area contributed by atoms with Crippen molar-refractivity contribution in [3.63, 3.8) is 0 Å². The zero-order chi connectivity index (χ0) is 22.3. The van der Waals surface area contributed by atoms with E-state index in [9.17, 15) is 9.90 Å². The molecule has 0 aliphatic heterocycles. The normalized spacial score (nSPS) is 12.1. The van der Waals surface area contributed by atoms with Crippen LogP contribution in [-0.2, 0) is 4.79 Å². The minimum absolute atomic E-state index is 0. The van der Waals surface area contributed by atoms with Gasteiger partial charge in [0.05, 0.1) is 5.97 Å². The Balaban J connectivity index is 0. The first-order chi connectivity index (χ1) is 14.7. The van der Waals surface area contributed by atoms with E-state index in [0.717, 1.165) is 51.6 Å². The van der Waals surface area contributed by atoms with Crippen LogP contribution in [0.5, 0.6) is 0 Å². The summed E-state index contributed by atoms with van der Waals surface area (Å²) < 4.78 is 0. The average Bonchev–Trinajstić information content (AvgIpc) is 2.73. The van der Waals surface area contributed by atoms with Gasteiger partial charge < -0.3 is 9.90 Å². The largest absolute Gasteiger partial charge is 1.00 e. The summed E-state index contributed by atoms with van der Waals surface area (Å²) in [5.74, 6) is -0.856. The summed E-state index contributed by atoms with van der Waals surface area (Å²) in [5, 5.41) is 11.9. The molecule has 0 fully saturated rings. The number of carboxylic acid groups (broad SMARTS) is 1. The Labute approximate surface area is 238 Å². The number of aliphatic carboxylic acids is 1. The van der Waals surface area contributed by atoms with E-state index in [2.05, 4.69) is 25.7 Å². The van der Waals surface area contributed by atoms with E-state index in [1.807, 2.05) is 0 Å². The fraction of sp³-hybridized carbons (Fsp3) is 0.963. The van der Waals surface area contributed by atoms with Crippen LogP contribution in [0.2, 0.25) is 0 Å². The molecule has 0 spiro atoms. The number of carboxylic acids is 1. The topological polar surface area (TPSA) is 43.4 Å². The molecule has 31 heavy (non-hydrogen) atoms. The number of hydrogen-bond donors (Lipinski definition) is 0. The van der Waals surface area contributed by atoms with Gasteiger partial charge in [-0.05, 0) is 32.4 Å². The van der Waals surface area contributed by atoms with Crippen LogP contribution in [0.3, 0.4) is 0 Å². The Morgan fingerprint density at radius 3 is 1.26 bits per heavy atom. The maximum Gasteiger partial charge on any atom is 1.00 e. The second-order valence-corrected chi connectivity index (χ2v) is 9.32. The summed E-state index contributed by atoms with van der Waals surface area (Å²) in [7, 11) is 0. The summed E-state index contributed by atoms with van der Waals surface area (Å²) in [6.07, 6.45) is 24.7. The van der Waals surface area contributed by atoms with E-state index in [1.54, 1.807) is 0 Å². The van der Waals surface area contributed by atoms with Crippen LogP contribution in [0.25, 0.3) is 0 Å². The number of nitrogens with zero attached hydrogens (tertiary/aromatic N) is 1. The summed E-state index contributed by atoms with van der Waals surface area (Å²) >= 11 is 0. The van der Waals surface area contributed by atoms with Gasteiger partial charge in [0.2, 0.25) is 0 Å². The van der Waals surface area contributed by atoms with Crippen molar-refractivity contribution in [2.45, 2.75) is 155 Å². The first kappa shape index (κ1) is 34.2. The molecule has 0 aromatic heterocycles. The summed E-state index contributed by atoms with van der Waals surface area (Å²) in [5.41, 5.74) is 0. The third-order valence-corrected chi connectivity index (χ3v) is 6.39. The molecule has 0 aliphatic rings. The second kappa shape index (κ2) is 27.3. The zero-order valence-electron chi connectivity index (χ0n) is 21.9. The van der Waals surface area contributed by atoms with E-state index in [1.165, 1.54) is 89.9 Å². The molecule has 0 aliphatic carbocycles. The predicted molar refractivity (Wildman–Crippen MR) is 130 cm³/mol. The van der Waals surface area contributed by atoms with Crippen molar-refractivity contribution in [2.75, 3.05) is 13.1 Å². The van der Waals surface area contributed by atoms with Crippen LogP contribution in [0.1, 0.15) is 149 Å². The van der Waals surface area contributed by atoms with Gasteiger partial charge in [-0.1, -0.05) is 130 Å². The van der Waals surface area contributed by atoms with Crippen molar-refractivity contribution in [3.05, 3.63) is 0 Å². The Hall–Kier alpha value is 1.07. The molecule has 0 aromatic rings. The molecule has 0 amide bonds. The standard InChI is InChI=1S/C27H55NO2.K/c1-4-7-10-12-14-16-18-21-24-28(26(27(29)30)23-20-9-6-3)25-22-19-17-15-13-11-8-5-2;/h26H,4-25H2,1-3H3,(H,29,30);/q;+1/p-1. The number of rotatable bonds is 24. The molecule has 0 N–H and O–H groups in total. The molecule has 0 aromatic carbocycles. The SMILES string of the molecule is CCCCCCCCCCN(CCCCCCCCCC)C(CCCCC)C(=O)[O-].[K+]. The quantitative estimate of drug-likeness (QED) is 0.159. The van der Waals surface area contributed by atoms with E-state index in [-0.39, 0.29) is 57.4 Å². The number of carbonyl (C=O) groups is 1. The summed E-state index contributed by atoms with van der Waals surface area (Å²) in [6, 6.07) is -0.384. The molecule has 1 atom stereocenters. The molecule has 3 nitrogen and oxygen atoms in total. The van der Waals surface area contributed by atoms with Crippen molar-refractivity contribution < 1.29 is 61.3 Å². The molecule has 180 valence electrons. The summed E-state index contributed by atoms with van der Waals surface area (Å²) in [6.45, 7) is 8.55. The molecule has 0 bridgehead atoms. The third-order valence-electron chi connectivity index (χ3n) is 6.39. The van der Waals surface area contributed by atoms with Gasteiger partial charge in [-0.2, -0.15) is 0 Å². The van der Waals surface area contributed by atoms with Crippen molar-refractivity contribution in [1.82, 2.24) is 4.90 Å². The van der Waals surface area contributed by atoms with Crippen LogP contribution in [0, 0.1) is 0 Å². The Bertz CT molecular complexity index is 345. The molecular weight excluding hydrogens is 409 g/mol. The van der Waals surface area contributed by atoms with Crippen LogP contribution in [0.15, 0.2) is 0 Å². The fourth-order valence-corrected chi connectivity index (χ4v) is 4.36. The van der Waals surface area contributed by atoms with E-state index in [4.69, 9.17) is 0 Å². The smallest absolute Gasteiger partial charge is 0.548 e. The van der Waals surface area contributed by atoms with E-state index >= 15 is 0 Å². The van der Waals surface area contributed by atoms with Crippen molar-refractivity contribution in [3.8, 4) is 0 Å². The van der Waals surface area contributed by atoms with Gasteiger partial charge in [-0.3, -0.25) is 4.90 Å². The number of carbonyl (C=O) groups excluding carboxylic acids is 1. The van der Waals surface area contributed by atoms with Gasteiger partial charge in [-0.25, -0.2) is 0 Å². The van der Waals surface area contributed by atoms with Gasteiger partial charge in [0, 0.05) is 6.04 Å². The molecular formula is C27H54KNO2. The molecule has 0 rings (SSSR count). The molecule has 0 saturated heterocycles. The minimum atomic E-state index is -0.856. The van der Waals surface area contributed by atoms with Crippen molar-refractivity contribution in [1.29, 1.82) is 0 Å². The van der Waals surface area contributed by atoms with Crippen LogP contribution in [-0.4, -0.2) is 30.0 Å². The van der Waals surface area contributed by atoms with Crippen molar-refractivity contribution >= 4 is 5.97 Å². The number of unbranched alkanes of at least 4 members (excludes halogenated alkanes) is 16. The number of hydrogen-bond acceptors (Lipinski definition) is 3.